The Morgan fingerprint density at radius 1 is 1.00 bits per heavy atom. The van der Waals surface area contributed by atoms with Crippen molar-refractivity contribution in [1.82, 2.24) is 14.9 Å². The van der Waals surface area contributed by atoms with E-state index in [1.54, 1.807) is 0 Å². The number of rotatable bonds is 8. The average Bonchev–Trinajstić information content (AvgIpc) is 3.31. The standard InChI is InChI=1S/C27H35N5O/c1-21-20-28-26(30-25(21)32(27(2,3)4)23-10-6-5-7-11-23)29-22-12-14-24(15-13-22)33-19-18-31-16-8-9-17-31/h5-7,10-15,20H,8-9,16-19H2,1-4H3,(H,28,29,30). The van der Waals surface area contributed by atoms with Crippen LogP contribution in [0.25, 0.3) is 0 Å². The van der Waals surface area contributed by atoms with E-state index in [4.69, 9.17) is 9.72 Å². The maximum absolute atomic E-state index is 5.92. The zero-order chi connectivity index (χ0) is 23.3. The number of ether oxygens (including phenoxy) is 1. The molecule has 0 unspecified atom stereocenters. The number of hydrogen-bond acceptors (Lipinski definition) is 6. The quantitative estimate of drug-likeness (QED) is 0.463. The van der Waals surface area contributed by atoms with Gasteiger partial charge in [-0.3, -0.25) is 4.90 Å². The first-order valence-corrected chi connectivity index (χ1v) is 11.8. The number of aromatic nitrogens is 2. The van der Waals surface area contributed by atoms with E-state index < -0.39 is 0 Å². The zero-order valence-electron chi connectivity index (χ0n) is 20.2. The predicted molar refractivity (Wildman–Crippen MR) is 136 cm³/mol. The molecular formula is C27H35N5O. The summed E-state index contributed by atoms with van der Waals surface area (Å²) in [5.41, 5.74) is 2.92. The lowest BCUT2D eigenvalue weighted by Gasteiger charge is -2.37. The minimum atomic E-state index is -0.147. The van der Waals surface area contributed by atoms with Crippen molar-refractivity contribution in [2.45, 2.75) is 46.1 Å². The average molecular weight is 446 g/mol. The summed E-state index contributed by atoms with van der Waals surface area (Å²) in [6.45, 7) is 12.7. The Morgan fingerprint density at radius 2 is 1.70 bits per heavy atom. The Labute approximate surface area is 197 Å². The molecule has 0 bridgehead atoms. The first-order valence-electron chi connectivity index (χ1n) is 11.8. The Kier molecular flexibility index (Phi) is 7.14. The van der Waals surface area contributed by atoms with E-state index in [9.17, 15) is 0 Å². The lowest BCUT2D eigenvalue weighted by molar-refractivity contribution is 0.238. The molecule has 1 aliphatic heterocycles. The fourth-order valence-electron chi connectivity index (χ4n) is 4.19. The number of benzene rings is 2. The third-order valence-corrected chi connectivity index (χ3v) is 5.83. The highest BCUT2D eigenvalue weighted by atomic mass is 16.5. The predicted octanol–water partition coefficient (Wildman–Crippen LogP) is 5.94. The van der Waals surface area contributed by atoms with Gasteiger partial charge in [-0.25, -0.2) is 4.98 Å². The van der Waals surface area contributed by atoms with E-state index in [1.807, 2.05) is 36.5 Å². The van der Waals surface area contributed by atoms with Gasteiger partial charge >= 0.3 is 0 Å². The first-order chi connectivity index (χ1) is 15.9. The van der Waals surface area contributed by atoms with Crippen LogP contribution >= 0.6 is 0 Å². The fraction of sp³-hybridized carbons (Fsp3) is 0.407. The molecule has 0 spiro atoms. The van der Waals surface area contributed by atoms with Crippen molar-refractivity contribution in [3.63, 3.8) is 0 Å². The number of hydrogen-bond donors (Lipinski definition) is 1. The summed E-state index contributed by atoms with van der Waals surface area (Å²) >= 11 is 0. The molecule has 0 saturated carbocycles. The van der Waals surface area contributed by atoms with Crippen LogP contribution in [0.4, 0.5) is 23.1 Å². The van der Waals surface area contributed by atoms with Crippen LogP contribution in [0.3, 0.4) is 0 Å². The molecule has 0 radical (unpaired) electrons. The van der Waals surface area contributed by atoms with Crippen LogP contribution in [-0.4, -0.2) is 46.6 Å². The van der Waals surface area contributed by atoms with Gasteiger partial charge < -0.3 is 15.0 Å². The summed E-state index contributed by atoms with van der Waals surface area (Å²) in [7, 11) is 0. The summed E-state index contributed by atoms with van der Waals surface area (Å²) in [4.78, 5) is 14.1. The molecule has 174 valence electrons. The van der Waals surface area contributed by atoms with E-state index in [0.717, 1.165) is 41.7 Å². The normalized spacial score (nSPS) is 14.3. The van der Waals surface area contributed by atoms with Crippen molar-refractivity contribution in [3.8, 4) is 5.75 Å². The second kappa shape index (κ2) is 10.2. The molecule has 0 atom stereocenters. The van der Waals surface area contributed by atoms with Crippen LogP contribution < -0.4 is 15.0 Å². The number of nitrogens with one attached hydrogen (secondary N) is 1. The highest BCUT2D eigenvalue weighted by Gasteiger charge is 2.26. The van der Waals surface area contributed by atoms with Crippen molar-refractivity contribution in [2.75, 3.05) is 36.5 Å². The lowest BCUT2D eigenvalue weighted by atomic mass is 10.0. The topological polar surface area (TPSA) is 53.5 Å². The summed E-state index contributed by atoms with van der Waals surface area (Å²) in [5, 5.41) is 3.34. The molecule has 33 heavy (non-hydrogen) atoms. The van der Waals surface area contributed by atoms with Crippen LogP contribution in [0.15, 0.2) is 60.8 Å². The molecular weight excluding hydrogens is 410 g/mol. The monoisotopic (exact) mass is 445 g/mol. The van der Waals surface area contributed by atoms with Gasteiger partial charge in [0.15, 0.2) is 0 Å². The van der Waals surface area contributed by atoms with Crippen molar-refractivity contribution in [3.05, 3.63) is 66.4 Å². The highest BCUT2D eigenvalue weighted by molar-refractivity contribution is 5.66. The van der Waals surface area contributed by atoms with Gasteiger partial charge in [-0.15, -0.1) is 0 Å². The van der Waals surface area contributed by atoms with Crippen molar-refractivity contribution >= 4 is 23.1 Å². The molecule has 6 heteroatoms. The smallest absolute Gasteiger partial charge is 0.229 e. The van der Waals surface area contributed by atoms with Gasteiger partial charge in [0.2, 0.25) is 5.95 Å². The lowest BCUT2D eigenvalue weighted by Crippen LogP contribution is -2.38. The molecule has 2 heterocycles. The third-order valence-electron chi connectivity index (χ3n) is 5.83. The van der Waals surface area contributed by atoms with Crippen molar-refractivity contribution in [1.29, 1.82) is 0 Å². The Hall–Kier alpha value is -3.12. The molecule has 2 aromatic carbocycles. The Balaban J connectivity index is 1.46. The largest absolute Gasteiger partial charge is 0.492 e. The number of aryl methyl sites for hydroxylation is 1. The molecule has 1 aromatic heterocycles. The molecule has 3 aromatic rings. The summed E-state index contributed by atoms with van der Waals surface area (Å²) in [6, 6.07) is 18.4. The van der Waals surface area contributed by atoms with Gasteiger partial charge in [-0.2, -0.15) is 4.98 Å². The number of para-hydroxylation sites is 1. The Bertz CT molecular complexity index is 1020. The number of nitrogens with zero attached hydrogens (tertiary/aromatic N) is 4. The maximum atomic E-state index is 5.92. The summed E-state index contributed by atoms with van der Waals surface area (Å²) in [6.07, 6.45) is 4.49. The van der Waals surface area contributed by atoms with E-state index >= 15 is 0 Å². The first kappa shape index (κ1) is 23.1. The van der Waals surface area contributed by atoms with E-state index in [1.165, 1.54) is 25.9 Å². The maximum Gasteiger partial charge on any atom is 0.229 e. The van der Waals surface area contributed by atoms with Crippen LogP contribution in [0.2, 0.25) is 0 Å². The van der Waals surface area contributed by atoms with Crippen LogP contribution in [0.1, 0.15) is 39.2 Å². The third kappa shape index (κ3) is 6.02. The molecule has 0 amide bonds. The summed E-state index contributed by atoms with van der Waals surface area (Å²) < 4.78 is 5.92. The van der Waals surface area contributed by atoms with E-state index in [2.05, 4.69) is 72.1 Å². The zero-order valence-corrected chi connectivity index (χ0v) is 20.2. The van der Waals surface area contributed by atoms with Gasteiger partial charge in [0.25, 0.3) is 0 Å². The fourth-order valence-corrected chi connectivity index (χ4v) is 4.19. The van der Waals surface area contributed by atoms with E-state index in [0.29, 0.717) is 5.95 Å². The number of anilines is 4. The molecule has 0 aliphatic carbocycles. The highest BCUT2D eigenvalue weighted by Crippen LogP contribution is 2.34. The molecule has 1 fully saturated rings. The second-order valence-corrected chi connectivity index (χ2v) is 9.59. The molecule has 6 nitrogen and oxygen atoms in total. The van der Waals surface area contributed by atoms with Gasteiger partial charge in [-0.05, 0) is 90.0 Å². The SMILES string of the molecule is Cc1cnc(Nc2ccc(OCCN3CCCC3)cc2)nc1N(c1ccccc1)C(C)(C)C. The number of likely N-dealkylation sites (tertiary alicyclic amines) is 1. The second-order valence-electron chi connectivity index (χ2n) is 9.59. The molecule has 1 saturated heterocycles. The van der Waals surface area contributed by atoms with Crippen LogP contribution in [-0.2, 0) is 0 Å². The van der Waals surface area contributed by atoms with Crippen LogP contribution in [0, 0.1) is 6.92 Å². The van der Waals surface area contributed by atoms with Gasteiger partial charge in [0, 0.05) is 35.2 Å². The van der Waals surface area contributed by atoms with Crippen molar-refractivity contribution in [2.24, 2.45) is 0 Å². The van der Waals surface area contributed by atoms with E-state index in [-0.39, 0.29) is 5.54 Å². The van der Waals surface area contributed by atoms with Crippen LogP contribution in [0.5, 0.6) is 5.75 Å². The van der Waals surface area contributed by atoms with Gasteiger partial charge in [-0.1, -0.05) is 18.2 Å². The molecule has 1 aliphatic rings. The van der Waals surface area contributed by atoms with Gasteiger partial charge in [0.05, 0.1) is 0 Å². The summed E-state index contributed by atoms with van der Waals surface area (Å²) in [5.74, 6) is 2.35. The Morgan fingerprint density at radius 3 is 2.36 bits per heavy atom. The molecule has 4 rings (SSSR count). The minimum absolute atomic E-state index is 0.147. The molecule has 1 N–H and O–H groups in total. The minimum Gasteiger partial charge on any atom is -0.492 e. The van der Waals surface area contributed by atoms with Gasteiger partial charge in [0.1, 0.15) is 18.2 Å². The van der Waals surface area contributed by atoms with Crippen molar-refractivity contribution < 1.29 is 4.74 Å².